The number of hydrogen-bond donors (Lipinski definition) is 1. The third-order valence-electron chi connectivity index (χ3n) is 6.74. The first-order valence-electron chi connectivity index (χ1n) is 10.8. The minimum atomic E-state index is -0.970. The van der Waals surface area contributed by atoms with E-state index >= 15 is 0 Å². The Morgan fingerprint density at radius 2 is 2.03 bits per heavy atom. The van der Waals surface area contributed by atoms with Gasteiger partial charge >= 0.3 is 0 Å². The van der Waals surface area contributed by atoms with Crippen LogP contribution in [-0.4, -0.2) is 57.1 Å². The highest BCUT2D eigenvalue weighted by atomic mass is 16.5. The Labute approximate surface area is 170 Å². The second-order valence-electron chi connectivity index (χ2n) is 8.79. The van der Waals surface area contributed by atoms with Gasteiger partial charge < -0.3 is 19.5 Å². The molecule has 2 fully saturated rings. The molecule has 0 bridgehead atoms. The number of carbonyl (C=O) groups excluding carboxylic acids is 2. The van der Waals surface area contributed by atoms with Crippen molar-refractivity contribution in [2.75, 3.05) is 13.2 Å². The molecule has 1 saturated carbocycles. The maximum Gasteiger partial charge on any atom is 0.290 e. The second kappa shape index (κ2) is 7.13. The molecule has 5 rings (SSSR count). The largest absolute Gasteiger partial charge is 0.376 e. The van der Waals surface area contributed by atoms with Crippen LogP contribution in [0, 0.1) is 0 Å². The van der Waals surface area contributed by atoms with Gasteiger partial charge in [0.2, 0.25) is 5.91 Å². The highest BCUT2D eigenvalue weighted by molar-refractivity contribution is 6.01. The summed E-state index contributed by atoms with van der Waals surface area (Å²) in [4.78, 5) is 33.3. The molecule has 154 valence electrons. The minimum Gasteiger partial charge on any atom is -0.376 e. The van der Waals surface area contributed by atoms with Crippen LogP contribution in [-0.2, 0) is 16.1 Å². The topological polar surface area (TPSA) is 76.5 Å². The number of aromatic nitrogens is 2. The average Bonchev–Trinajstić information content (AvgIpc) is 3.47. The Balaban J connectivity index is 1.53. The predicted molar refractivity (Wildman–Crippen MR) is 109 cm³/mol. The Hall–Kier alpha value is -2.41. The van der Waals surface area contributed by atoms with Crippen molar-refractivity contribution >= 4 is 22.8 Å². The lowest BCUT2D eigenvalue weighted by Gasteiger charge is -2.44. The Bertz CT molecular complexity index is 943. The number of carbonyl (C=O) groups is 2. The quantitative estimate of drug-likeness (QED) is 0.861. The Morgan fingerprint density at radius 3 is 2.79 bits per heavy atom. The van der Waals surface area contributed by atoms with Crippen molar-refractivity contribution in [3.8, 4) is 0 Å². The third kappa shape index (κ3) is 3.12. The standard InChI is InChI=1S/C22H28N4O3/c1-22(21(28)23-15-7-2-3-8-15)14-25-18-11-5-4-10-17(18)24-19(25)20(27)26(22)13-16-9-6-12-29-16/h4-5,10-11,15-16H,2-3,6-9,12-14H2,1H3,(H,23,28). The number of rotatable bonds is 4. The monoisotopic (exact) mass is 396 g/mol. The van der Waals surface area contributed by atoms with Gasteiger partial charge in [-0.15, -0.1) is 0 Å². The van der Waals surface area contributed by atoms with Crippen LogP contribution < -0.4 is 5.32 Å². The first-order valence-corrected chi connectivity index (χ1v) is 10.8. The normalized spacial score (nSPS) is 27.6. The maximum atomic E-state index is 13.5. The number of para-hydroxylation sites is 2. The molecule has 7 nitrogen and oxygen atoms in total. The van der Waals surface area contributed by atoms with Gasteiger partial charge in [0.25, 0.3) is 5.91 Å². The molecule has 2 aromatic rings. The van der Waals surface area contributed by atoms with Gasteiger partial charge in [-0.2, -0.15) is 0 Å². The Kier molecular flexibility index (Phi) is 4.57. The second-order valence-corrected chi connectivity index (χ2v) is 8.79. The SMILES string of the molecule is CC1(C(=O)NC2CCCC2)Cn2c(nc3ccccc32)C(=O)N1CC1CCCO1. The third-order valence-corrected chi connectivity index (χ3v) is 6.74. The molecule has 1 N–H and O–H groups in total. The number of nitrogens with one attached hydrogen (secondary N) is 1. The van der Waals surface area contributed by atoms with E-state index in [0.29, 0.717) is 18.9 Å². The van der Waals surface area contributed by atoms with Gasteiger partial charge in [-0.25, -0.2) is 4.98 Å². The van der Waals surface area contributed by atoms with Crippen LogP contribution in [0.3, 0.4) is 0 Å². The van der Waals surface area contributed by atoms with E-state index in [4.69, 9.17) is 4.74 Å². The minimum absolute atomic E-state index is 0.0199. The Morgan fingerprint density at radius 1 is 1.24 bits per heavy atom. The maximum absolute atomic E-state index is 13.5. The van der Waals surface area contributed by atoms with Gasteiger partial charge in [-0.05, 0) is 44.7 Å². The molecular formula is C22H28N4O3. The van der Waals surface area contributed by atoms with Crippen molar-refractivity contribution in [2.24, 2.45) is 0 Å². The molecule has 1 aliphatic carbocycles. The lowest BCUT2D eigenvalue weighted by molar-refractivity contribution is -0.134. The van der Waals surface area contributed by atoms with E-state index in [0.717, 1.165) is 56.2 Å². The smallest absolute Gasteiger partial charge is 0.290 e. The molecule has 29 heavy (non-hydrogen) atoms. The van der Waals surface area contributed by atoms with Gasteiger partial charge in [-0.3, -0.25) is 9.59 Å². The van der Waals surface area contributed by atoms with E-state index in [1.807, 2.05) is 35.8 Å². The molecule has 1 saturated heterocycles. The average molecular weight is 396 g/mol. The molecular weight excluding hydrogens is 368 g/mol. The summed E-state index contributed by atoms with van der Waals surface area (Å²) in [6, 6.07) is 7.94. The van der Waals surface area contributed by atoms with Crippen molar-refractivity contribution in [3.63, 3.8) is 0 Å². The summed E-state index contributed by atoms with van der Waals surface area (Å²) in [6.07, 6.45) is 6.22. The van der Waals surface area contributed by atoms with E-state index in [1.54, 1.807) is 4.90 Å². The first kappa shape index (κ1) is 18.6. The fraction of sp³-hybridized carbons (Fsp3) is 0.591. The molecule has 3 heterocycles. The van der Waals surface area contributed by atoms with Gasteiger partial charge in [0.15, 0.2) is 5.82 Å². The zero-order valence-corrected chi connectivity index (χ0v) is 16.9. The van der Waals surface area contributed by atoms with Gasteiger partial charge in [0.1, 0.15) is 5.54 Å². The van der Waals surface area contributed by atoms with Gasteiger partial charge in [0.05, 0.1) is 23.7 Å². The highest BCUT2D eigenvalue weighted by Gasteiger charge is 2.49. The molecule has 1 aromatic carbocycles. The number of benzene rings is 1. The van der Waals surface area contributed by atoms with Gasteiger partial charge in [0, 0.05) is 19.2 Å². The number of hydrogen-bond acceptors (Lipinski definition) is 4. The van der Waals surface area contributed by atoms with Crippen LogP contribution in [0.15, 0.2) is 24.3 Å². The summed E-state index contributed by atoms with van der Waals surface area (Å²) < 4.78 is 7.72. The van der Waals surface area contributed by atoms with E-state index in [-0.39, 0.29) is 24.0 Å². The van der Waals surface area contributed by atoms with Crippen molar-refractivity contribution in [3.05, 3.63) is 30.1 Å². The molecule has 2 unspecified atom stereocenters. The molecule has 0 radical (unpaired) electrons. The number of ether oxygens (including phenoxy) is 1. The molecule has 3 aliphatic rings. The zero-order valence-electron chi connectivity index (χ0n) is 16.9. The zero-order chi connectivity index (χ0) is 20.0. The molecule has 1 aromatic heterocycles. The van der Waals surface area contributed by atoms with Crippen LogP contribution in [0.5, 0.6) is 0 Å². The van der Waals surface area contributed by atoms with Crippen LogP contribution in [0.1, 0.15) is 56.1 Å². The van der Waals surface area contributed by atoms with Crippen LogP contribution >= 0.6 is 0 Å². The molecule has 2 atom stereocenters. The summed E-state index contributed by atoms with van der Waals surface area (Å²) in [5.41, 5.74) is 0.711. The number of amides is 2. The number of fused-ring (bicyclic) bond motifs is 3. The van der Waals surface area contributed by atoms with Gasteiger partial charge in [-0.1, -0.05) is 25.0 Å². The van der Waals surface area contributed by atoms with E-state index in [1.165, 1.54) is 0 Å². The molecule has 2 amide bonds. The number of nitrogens with zero attached hydrogens (tertiary/aromatic N) is 3. The van der Waals surface area contributed by atoms with Crippen LogP contribution in [0.2, 0.25) is 0 Å². The molecule has 7 heteroatoms. The highest BCUT2D eigenvalue weighted by Crippen LogP contribution is 2.32. The van der Waals surface area contributed by atoms with Crippen molar-refractivity contribution in [1.29, 1.82) is 0 Å². The van der Waals surface area contributed by atoms with Crippen molar-refractivity contribution < 1.29 is 14.3 Å². The van der Waals surface area contributed by atoms with Crippen molar-refractivity contribution in [2.45, 2.75) is 69.7 Å². The summed E-state index contributed by atoms with van der Waals surface area (Å²) in [7, 11) is 0. The van der Waals surface area contributed by atoms with Crippen LogP contribution in [0.4, 0.5) is 0 Å². The summed E-state index contributed by atoms with van der Waals surface area (Å²) >= 11 is 0. The predicted octanol–water partition coefficient (Wildman–Crippen LogP) is 2.49. The first-order chi connectivity index (χ1) is 14.1. The van der Waals surface area contributed by atoms with E-state index in [2.05, 4.69) is 10.3 Å². The summed E-state index contributed by atoms with van der Waals surface area (Å²) in [6.45, 7) is 3.44. The van der Waals surface area contributed by atoms with Crippen LogP contribution in [0.25, 0.3) is 11.0 Å². The molecule has 2 aliphatic heterocycles. The summed E-state index contributed by atoms with van der Waals surface area (Å²) in [5.74, 6) is 0.154. The fourth-order valence-corrected chi connectivity index (χ4v) is 5.02. The number of imidazole rings is 1. The lowest BCUT2D eigenvalue weighted by atomic mass is 9.93. The summed E-state index contributed by atoms with van der Waals surface area (Å²) in [5, 5.41) is 3.23. The van der Waals surface area contributed by atoms with E-state index in [9.17, 15) is 9.59 Å². The lowest BCUT2D eigenvalue weighted by Crippen LogP contribution is -2.66. The fourth-order valence-electron chi connectivity index (χ4n) is 5.02. The van der Waals surface area contributed by atoms with E-state index < -0.39 is 5.54 Å². The molecule has 0 spiro atoms. The van der Waals surface area contributed by atoms with Crippen molar-refractivity contribution in [1.82, 2.24) is 19.8 Å².